The van der Waals surface area contributed by atoms with Gasteiger partial charge in [-0.15, -0.1) is 0 Å². The van der Waals surface area contributed by atoms with E-state index < -0.39 is 0 Å². The van der Waals surface area contributed by atoms with Gasteiger partial charge in [-0.2, -0.15) is 0 Å². The molecular formula is C12H13As. The summed E-state index contributed by atoms with van der Waals surface area (Å²) in [6.45, 7) is 0. The summed E-state index contributed by atoms with van der Waals surface area (Å²) >= 11 is 0. The Balaban J connectivity index is 0.000000845. The van der Waals surface area contributed by atoms with Gasteiger partial charge in [0.05, 0.1) is 0 Å². The van der Waals surface area contributed by atoms with Crippen molar-refractivity contribution in [2.45, 2.75) is 0 Å². The summed E-state index contributed by atoms with van der Waals surface area (Å²) < 4.78 is 0. The molecule has 1 atom stereocenters. The number of hydrogen-bond donors (Lipinski definition) is 0. The van der Waals surface area contributed by atoms with Crippen LogP contribution in [0.5, 0.6) is 0 Å². The number of rotatable bonds is 1. The topological polar surface area (TPSA) is 0 Å². The molecule has 0 N–H and O–H groups in total. The average molecular weight is 232 g/mol. The van der Waals surface area contributed by atoms with Crippen LogP contribution in [0.15, 0.2) is 60.7 Å². The third-order valence-electron chi connectivity index (χ3n) is 1.88. The van der Waals surface area contributed by atoms with Crippen molar-refractivity contribution in [2.24, 2.45) is 0 Å². The van der Waals surface area contributed by atoms with Crippen molar-refractivity contribution in [3.63, 3.8) is 0 Å². The smallest absolute Gasteiger partial charge is 0.0184 e. The Morgan fingerprint density at radius 3 is 1.08 bits per heavy atom. The first-order valence-electron chi connectivity index (χ1n) is 4.07. The van der Waals surface area contributed by atoms with Gasteiger partial charge >= 0.3 is 18.0 Å². The van der Waals surface area contributed by atoms with E-state index in [0.29, 0.717) is 0 Å². The molecule has 2 aromatic rings. The number of benzene rings is 2. The van der Waals surface area contributed by atoms with E-state index in [0.717, 1.165) is 0 Å². The van der Waals surface area contributed by atoms with Crippen molar-refractivity contribution in [3.8, 4) is 11.1 Å². The molecule has 0 radical (unpaired) electrons. The molecule has 0 saturated carbocycles. The molecule has 0 aliphatic heterocycles. The summed E-state index contributed by atoms with van der Waals surface area (Å²) in [4.78, 5) is 0. The van der Waals surface area contributed by atoms with Gasteiger partial charge in [-0.05, 0) is 11.1 Å². The molecule has 0 amide bonds. The summed E-state index contributed by atoms with van der Waals surface area (Å²) in [5.74, 6) is 0. The summed E-state index contributed by atoms with van der Waals surface area (Å²) in [7, 11) is 0. The van der Waals surface area contributed by atoms with E-state index in [1.165, 1.54) is 11.1 Å². The molecule has 0 aliphatic carbocycles. The van der Waals surface area contributed by atoms with Gasteiger partial charge in [0.1, 0.15) is 0 Å². The minimum Gasteiger partial charge on any atom is -0.0622 e. The summed E-state index contributed by atoms with van der Waals surface area (Å²) in [5, 5.41) is 0. The Morgan fingerprint density at radius 2 is 0.769 bits per heavy atom. The molecule has 1 heteroatoms. The molecule has 0 aromatic heterocycles. The van der Waals surface area contributed by atoms with Gasteiger partial charge in [-0.25, -0.2) is 0 Å². The van der Waals surface area contributed by atoms with Crippen LogP contribution >= 0.6 is 0 Å². The van der Waals surface area contributed by atoms with E-state index in [9.17, 15) is 0 Å². The third kappa shape index (κ3) is 2.47. The standard InChI is InChI=1S/C12H10.AsH3/c1-3-7-11(8-4-1)12-9-5-2-6-10-12;/h1-10H;1H3. The van der Waals surface area contributed by atoms with E-state index in [1.807, 2.05) is 12.1 Å². The van der Waals surface area contributed by atoms with Crippen LogP contribution in [0.4, 0.5) is 0 Å². The van der Waals surface area contributed by atoms with Crippen LogP contribution in [0.2, 0.25) is 0 Å². The fraction of sp³-hybridized carbons (Fsp3) is 0. The van der Waals surface area contributed by atoms with Crippen LogP contribution in [0, 0.1) is 0 Å². The first-order chi connectivity index (χ1) is 5.97. The van der Waals surface area contributed by atoms with Crippen molar-refractivity contribution in [1.82, 2.24) is 0 Å². The van der Waals surface area contributed by atoms with Crippen LogP contribution in [-0.2, 0) is 0 Å². The largest absolute Gasteiger partial charge is 0.0622 e. The Bertz CT molecular complexity index is 303. The second-order valence-electron chi connectivity index (χ2n) is 2.73. The molecule has 0 spiro atoms. The second-order valence-corrected chi connectivity index (χ2v) is 2.73. The number of hydrogen-bond acceptors (Lipinski definition) is 0. The van der Waals surface area contributed by atoms with Gasteiger partial charge in [0.15, 0.2) is 0 Å². The third-order valence-corrected chi connectivity index (χ3v) is 1.88. The normalized spacial score (nSPS) is 8.92. The Morgan fingerprint density at radius 1 is 0.462 bits per heavy atom. The SMILES string of the molecule is [AsH3].c1ccc(-c2ccccc2)cc1. The van der Waals surface area contributed by atoms with Gasteiger partial charge in [-0.1, -0.05) is 60.7 Å². The van der Waals surface area contributed by atoms with E-state index in [1.54, 1.807) is 0 Å². The molecule has 66 valence electrons. The first-order valence-corrected chi connectivity index (χ1v) is 4.07. The fourth-order valence-electron chi connectivity index (χ4n) is 1.26. The molecule has 2 aromatic carbocycles. The predicted molar refractivity (Wildman–Crippen MR) is 61.8 cm³/mol. The van der Waals surface area contributed by atoms with Crippen molar-refractivity contribution in [1.29, 1.82) is 0 Å². The maximum atomic E-state index is 2.12. The molecule has 0 saturated heterocycles. The summed E-state index contributed by atoms with van der Waals surface area (Å²) in [6, 6.07) is 20.8. The maximum absolute atomic E-state index is 2.12. The molecule has 0 bridgehead atoms. The van der Waals surface area contributed by atoms with Gasteiger partial charge in [0.2, 0.25) is 0 Å². The van der Waals surface area contributed by atoms with E-state index >= 15 is 0 Å². The van der Waals surface area contributed by atoms with Gasteiger partial charge in [-0.3, -0.25) is 0 Å². The van der Waals surface area contributed by atoms with Crippen LogP contribution in [0.25, 0.3) is 11.1 Å². The van der Waals surface area contributed by atoms with Gasteiger partial charge in [0, 0.05) is 0 Å². The van der Waals surface area contributed by atoms with Crippen LogP contribution in [-0.4, -0.2) is 18.0 Å². The van der Waals surface area contributed by atoms with Crippen molar-refractivity contribution >= 4 is 18.0 Å². The van der Waals surface area contributed by atoms with E-state index in [4.69, 9.17) is 0 Å². The minimum absolute atomic E-state index is 0. The zero-order valence-electron chi connectivity index (χ0n) is 7.48. The van der Waals surface area contributed by atoms with Gasteiger partial charge in [0.25, 0.3) is 0 Å². The maximum Gasteiger partial charge on any atom is -0.0184 e. The monoisotopic (exact) mass is 232 g/mol. The molecule has 1 unspecified atom stereocenters. The molecule has 13 heavy (non-hydrogen) atoms. The molecule has 0 nitrogen and oxygen atoms in total. The second kappa shape index (κ2) is 4.89. The fourth-order valence-corrected chi connectivity index (χ4v) is 1.26. The Labute approximate surface area is 89.9 Å². The predicted octanol–water partition coefficient (Wildman–Crippen LogP) is 2.17. The zero-order valence-corrected chi connectivity index (χ0v) is 10.4. The van der Waals surface area contributed by atoms with Gasteiger partial charge < -0.3 is 0 Å². The molecule has 0 heterocycles. The molecule has 0 aliphatic rings. The molecular weight excluding hydrogens is 219 g/mol. The molecule has 2 rings (SSSR count). The quantitative estimate of drug-likeness (QED) is 0.661. The Kier molecular flexibility index (Phi) is 3.79. The van der Waals surface area contributed by atoms with Crippen LogP contribution < -0.4 is 0 Å². The van der Waals surface area contributed by atoms with Crippen LogP contribution in [0.3, 0.4) is 0 Å². The zero-order chi connectivity index (χ0) is 8.23. The van der Waals surface area contributed by atoms with Crippen molar-refractivity contribution < 1.29 is 0 Å². The van der Waals surface area contributed by atoms with Crippen molar-refractivity contribution in [2.75, 3.05) is 0 Å². The first kappa shape index (κ1) is 10.1. The molecule has 0 fully saturated rings. The summed E-state index contributed by atoms with van der Waals surface area (Å²) in [5.41, 5.74) is 2.55. The van der Waals surface area contributed by atoms with Crippen LogP contribution in [0.1, 0.15) is 0 Å². The Hall–Kier alpha value is -1.00. The minimum atomic E-state index is 0. The van der Waals surface area contributed by atoms with E-state index in [-0.39, 0.29) is 18.0 Å². The average Bonchev–Trinajstić information content (AvgIpc) is 2.21. The summed E-state index contributed by atoms with van der Waals surface area (Å²) in [6.07, 6.45) is 0. The van der Waals surface area contributed by atoms with Crippen molar-refractivity contribution in [3.05, 3.63) is 60.7 Å². The van der Waals surface area contributed by atoms with E-state index in [2.05, 4.69) is 48.5 Å².